The Labute approximate surface area is 89.1 Å². The second-order valence-electron chi connectivity index (χ2n) is 4.04. The van der Waals surface area contributed by atoms with Gasteiger partial charge in [0.1, 0.15) is 0 Å². The summed E-state index contributed by atoms with van der Waals surface area (Å²) in [4.78, 5) is 4.29. The lowest BCUT2D eigenvalue weighted by Gasteiger charge is -2.30. The van der Waals surface area contributed by atoms with E-state index in [0.29, 0.717) is 11.8 Å². The lowest BCUT2D eigenvalue weighted by molar-refractivity contribution is 0.253. The van der Waals surface area contributed by atoms with E-state index in [4.69, 9.17) is 11.6 Å². The van der Waals surface area contributed by atoms with Crippen molar-refractivity contribution in [2.24, 2.45) is 11.3 Å². The molecule has 13 heavy (non-hydrogen) atoms. The third kappa shape index (κ3) is 2.68. The molecule has 1 heterocycles. The summed E-state index contributed by atoms with van der Waals surface area (Å²) in [5.41, 5.74) is 0.180. The van der Waals surface area contributed by atoms with Gasteiger partial charge in [0.15, 0.2) is 0 Å². The van der Waals surface area contributed by atoms with Crippen LogP contribution >= 0.6 is 22.9 Å². The molecule has 0 aromatic carbocycles. The van der Waals surface area contributed by atoms with E-state index in [2.05, 4.69) is 25.8 Å². The van der Waals surface area contributed by atoms with Crippen molar-refractivity contribution in [2.75, 3.05) is 5.88 Å². The molecule has 0 aliphatic heterocycles. The molecule has 74 valence electrons. The average molecular weight is 218 g/mol. The van der Waals surface area contributed by atoms with E-state index in [1.165, 1.54) is 5.01 Å². The van der Waals surface area contributed by atoms with Gasteiger partial charge >= 0.3 is 0 Å². The molecule has 3 heteroatoms. The number of thiazole rings is 1. The lowest BCUT2D eigenvalue weighted by atomic mass is 9.78. The third-order valence-corrected chi connectivity index (χ3v) is 4.13. The molecule has 1 unspecified atom stereocenters. The molecule has 1 aromatic rings. The summed E-state index contributed by atoms with van der Waals surface area (Å²) < 4.78 is 0. The zero-order valence-electron chi connectivity index (χ0n) is 8.38. The van der Waals surface area contributed by atoms with Crippen LogP contribution in [0.25, 0.3) is 0 Å². The summed E-state index contributed by atoms with van der Waals surface area (Å²) in [6.45, 7) is 6.66. The lowest BCUT2D eigenvalue weighted by Crippen LogP contribution is -2.28. The Kier molecular flexibility index (Phi) is 3.74. The molecular formula is C10H16ClNS. The maximum absolute atomic E-state index is 6.00. The molecule has 0 spiro atoms. The van der Waals surface area contributed by atoms with Crippen molar-refractivity contribution in [2.45, 2.75) is 27.2 Å². The molecule has 0 aliphatic rings. The van der Waals surface area contributed by atoms with Crippen LogP contribution in [0.3, 0.4) is 0 Å². The molecule has 0 amide bonds. The summed E-state index contributed by atoms with van der Waals surface area (Å²) >= 11 is 7.71. The minimum Gasteiger partial charge on any atom is -0.250 e. The van der Waals surface area contributed by atoms with Gasteiger partial charge in [-0.25, -0.2) is 4.98 Å². The number of halogens is 1. The fraction of sp³-hybridized carbons (Fsp3) is 0.700. The Balaban J connectivity index is 2.69. The van der Waals surface area contributed by atoms with Crippen molar-refractivity contribution in [3.63, 3.8) is 0 Å². The Morgan fingerprint density at radius 3 is 2.69 bits per heavy atom. The predicted octanol–water partition coefficient (Wildman–Crippen LogP) is 3.59. The summed E-state index contributed by atoms with van der Waals surface area (Å²) in [5.74, 6) is 1.29. The van der Waals surface area contributed by atoms with Crippen LogP contribution in [-0.4, -0.2) is 10.9 Å². The molecule has 0 radical (unpaired) electrons. The van der Waals surface area contributed by atoms with Crippen molar-refractivity contribution in [1.29, 1.82) is 0 Å². The molecule has 0 aliphatic carbocycles. The Morgan fingerprint density at radius 1 is 1.62 bits per heavy atom. The molecule has 0 saturated carbocycles. The molecule has 0 N–H and O–H groups in total. The second-order valence-corrected chi connectivity index (χ2v) is 5.29. The highest BCUT2D eigenvalue weighted by molar-refractivity contribution is 7.09. The predicted molar refractivity (Wildman–Crippen MR) is 59.5 cm³/mol. The van der Waals surface area contributed by atoms with Gasteiger partial charge < -0.3 is 0 Å². The number of alkyl halides is 1. The largest absolute Gasteiger partial charge is 0.250 e. The normalized spacial score (nSPS) is 16.1. The Bertz CT molecular complexity index is 245. The fourth-order valence-electron chi connectivity index (χ4n) is 1.09. The van der Waals surface area contributed by atoms with Gasteiger partial charge in [0.25, 0.3) is 0 Å². The Morgan fingerprint density at radius 2 is 2.31 bits per heavy atom. The van der Waals surface area contributed by atoms with Crippen molar-refractivity contribution in [3.8, 4) is 0 Å². The highest BCUT2D eigenvalue weighted by Crippen LogP contribution is 2.32. The van der Waals surface area contributed by atoms with Crippen molar-refractivity contribution in [3.05, 3.63) is 16.6 Å². The molecule has 1 aromatic heterocycles. The van der Waals surface area contributed by atoms with Gasteiger partial charge in [-0.3, -0.25) is 0 Å². The van der Waals surface area contributed by atoms with E-state index in [0.717, 1.165) is 6.42 Å². The van der Waals surface area contributed by atoms with Crippen LogP contribution in [0.15, 0.2) is 11.6 Å². The van der Waals surface area contributed by atoms with E-state index in [-0.39, 0.29) is 5.41 Å². The van der Waals surface area contributed by atoms with Gasteiger partial charge in [-0.2, -0.15) is 0 Å². The van der Waals surface area contributed by atoms with Crippen LogP contribution in [0.2, 0.25) is 0 Å². The number of rotatable bonds is 4. The summed E-state index contributed by atoms with van der Waals surface area (Å²) in [6, 6.07) is 0. The highest BCUT2D eigenvalue weighted by Gasteiger charge is 2.28. The molecule has 1 nitrogen and oxygen atoms in total. The van der Waals surface area contributed by atoms with Gasteiger partial charge in [0.05, 0.1) is 5.01 Å². The smallest absolute Gasteiger partial charge is 0.0930 e. The standard InChI is InChI=1S/C10H16ClNS/c1-8(2)10(3,7-11)6-9-12-4-5-13-9/h4-5,8H,6-7H2,1-3H3. The van der Waals surface area contributed by atoms with Crippen molar-refractivity contribution in [1.82, 2.24) is 4.98 Å². The van der Waals surface area contributed by atoms with Crippen molar-refractivity contribution >= 4 is 22.9 Å². The molecule has 0 bridgehead atoms. The van der Waals surface area contributed by atoms with Crippen LogP contribution in [-0.2, 0) is 6.42 Å². The van der Waals surface area contributed by atoms with E-state index in [9.17, 15) is 0 Å². The number of nitrogens with zero attached hydrogens (tertiary/aromatic N) is 1. The average Bonchev–Trinajstić information content (AvgIpc) is 2.56. The van der Waals surface area contributed by atoms with Crippen LogP contribution in [0.5, 0.6) is 0 Å². The Hall–Kier alpha value is -0.0800. The van der Waals surface area contributed by atoms with Gasteiger partial charge in [0, 0.05) is 23.9 Å². The molecular weight excluding hydrogens is 202 g/mol. The molecule has 1 rings (SSSR count). The second kappa shape index (κ2) is 4.43. The van der Waals surface area contributed by atoms with E-state index < -0.39 is 0 Å². The number of aromatic nitrogens is 1. The SMILES string of the molecule is CC(C)C(C)(CCl)Cc1nccs1. The molecule has 1 atom stereocenters. The first-order chi connectivity index (χ1) is 6.08. The first-order valence-electron chi connectivity index (χ1n) is 4.53. The summed E-state index contributed by atoms with van der Waals surface area (Å²) in [5, 5.41) is 3.21. The minimum atomic E-state index is 0.180. The third-order valence-electron chi connectivity index (χ3n) is 2.74. The van der Waals surface area contributed by atoms with Crippen LogP contribution in [0.4, 0.5) is 0 Å². The fourth-order valence-corrected chi connectivity index (χ4v) is 2.31. The first kappa shape index (κ1) is 11.0. The van der Waals surface area contributed by atoms with Gasteiger partial charge in [0.2, 0.25) is 0 Å². The quantitative estimate of drug-likeness (QED) is 0.703. The van der Waals surface area contributed by atoms with Gasteiger partial charge in [-0.05, 0) is 11.3 Å². The zero-order valence-corrected chi connectivity index (χ0v) is 9.95. The zero-order chi connectivity index (χ0) is 9.90. The summed E-state index contributed by atoms with van der Waals surface area (Å²) in [7, 11) is 0. The number of hydrogen-bond donors (Lipinski definition) is 0. The van der Waals surface area contributed by atoms with Crippen LogP contribution in [0, 0.1) is 11.3 Å². The maximum Gasteiger partial charge on any atom is 0.0930 e. The first-order valence-corrected chi connectivity index (χ1v) is 5.94. The minimum absolute atomic E-state index is 0.180. The van der Waals surface area contributed by atoms with Crippen LogP contribution < -0.4 is 0 Å². The molecule has 0 saturated heterocycles. The van der Waals surface area contributed by atoms with E-state index in [1.807, 2.05) is 11.6 Å². The monoisotopic (exact) mass is 217 g/mol. The number of hydrogen-bond acceptors (Lipinski definition) is 2. The van der Waals surface area contributed by atoms with Gasteiger partial charge in [-0.15, -0.1) is 22.9 Å². The highest BCUT2D eigenvalue weighted by atomic mass is 35.5. The van der Waals surface area contributed by atoms with Crippen molar-refractivity contribution < 1.29 is 0 Å². The van der Waals surface area contributed by atoms with Crippen LogP contribution in [0.1, 0.15) is 25.8 Å². The van der Waals surface area contributed by atoms with Gasteiger partial charge in [-0.1, -0.05) is 20.8 Å². The maximum atomic E-state index is 6.00. The topological polar surface area (TPSA) is 12.9 Å². The molecule has 0 fully saturated rings. The van der Waals surface area contributed by atoms with E-state index >= 15 is 0 Å². The van der Waals surface area contributed by atoms with E-state index in [1.54, 1.807) is 11.3 Å². The summed E-state index contributed by atoms with van der Waals surface area (Å²) in [6.07, 6.45) is 2.85.